The summed E-state index contributed by atoms with van der Waals surface area (Å²) in [7, 11) is -2.99. The molecule has 2 aromatic carbocycles. The smallest absolute Gasteiger partial charge is 0.0677 e. The molecule has 0 N–H and O–H groups in total. The molecule has 2 aromatic rings. The second kappa shape index (κ2) is 6.55. The molecule has 2 rings (SSSR count). The van der Waals surface area contributed by atoms with Crippen molar-refractivity contribution in [1.29, 1.82) is 0 Å². The molecular formula is C20H30Si2. The molecule has 0 spiro atoms. The van der Waals surface area contributed by atoms with Gasteiger partial charge >= 0.3 is 0 Å². The van der Waals surface area contributed by atoms with Gasteiger partial charge < -0.3 is 0 Å². The minimum absolute atomic E-state index is 1.33. The van der Waals surface area contributed by atoms with Gasteiger partial charge in [0.25, 0.3) is 0 Å². The van der Waals surface area contributed by atoms with E-state index in [-0.39, 0.29) is 0 Å². The third-order valence-corrected chi connectivity index (χ3v) is 25.6. The molecule has 0 bridgehead atoms. The molecule has 2 atom stereocenters. The van der Waals surface area contributed by atoms with Crippen LogP contribution in [0.5, 0.6) is 0 Å². The first-order chi connectivity index (χ1) is 10.4. The van der Waals surface area contributed by atoms with Crippen LogP contribution in [0.25, 0.3) is 0 Å². The zero-order valence-electron chi connectivity index (χ0n) is 15.0. The molecule has 0 heterocycles. The fraction of sp³-hybridized carbons (Fsp3) is 0.400. The van der Waals surface area contributed by atoms with Crippen molar-refractivity contribution in [2.45, 2.75) is 52.9 Å². The number of aryl methyl sites for hydroxylation is 2. The second-order valence-corrected chi connectivity index (χ2v) is 21.6. The summed E-state index contributed by atoms with van der Waals surface area (Å²) in [6.07, 6.45) is 0. The van der Waals surface area contributed by atoms with Crippen molar-refractivity contribution >= 4 is 25.6 Å². The fourth-order valence-electron chi connectivity index (χ4n) is 3.67. The van der Waals surface area contributed by atoms with Gasteiger partial charge in [-0.1, -0.05) is 109 Å². The summed E-state index contributed by atoms with van der Waals surface area (Å²) in [4.78, 5) is 0. The summed E-state index contributed by atoms with van der Waals surface area (Å²) >= 11 is 0. The van der Waals surface area contributed by atoms with E-state index in [1.165, 1.54) is 23.2 Å². The van der Waals surface area contributed by atoms with Crippen LogP contribution >= 0.6 is 0 Å². The molecule has 0 aliphatic heterocycles. The summed E-state index contributed by atoms with van der Waals surface area (Å²) in [5.74, 6) is 0. The highest BCUT2D eigenvalue weighted by atomic mass is 29.3. The number of hydrogen-bond acceptors (Lipinski definition) is 0. The average molecular weight is 327 g/mol. The van der Waals surface area contributed by atoms with Gasteiger partial charge in [-0.15, -0.1) is 0 Å². The van der Waals surface area contributed by atoms with Gasteiger partial charge in [0, 0.05) is 0 Å². The van der Waals surface area contributed by atoms with E-state index in [1.54, 1.807) is 10.4 Å². The standard InChI is InChI=1S/C20H30Si2/c1-7-21(5,19-13-9-17(3)10-14-19)22(6,8-2)20-15-11-18(4)12-16-20/h9-16H,7-8H2,1-6H3. The first-order valence-corrected chi connectivity index (χ1v) is 14.9. The lowest BCUT2D eigenvalue weighted by Gasteiger charge is -2.44. The predicted molar refractivity (Wildman–Crippen MR) is 106 cm³/mol. The van der Waals surface area contributed by atoms with Crippen LogP contribution in [0.15, 0.2) is 48.5 Å². The van der Waals surface area contributed by atoms with Gasteiger partial charge in [0.05, 0.1) is 15.2 Å². The van der Waals surface area contributed by atoms with E-state index >= 15 is 0 Å². The minimum atomic E-state index is -1.50. The molecule has 22 heavy (non-hydrogen) atoms. The van der Waals surface area contributed by atoms with E-state index in [0.717, 1.165) is 0 Å². The van der Waals surface area contributed by atoms with Crippen molar-refractivity contribution in [3.8, 4) is 0 Å². The first kappa shape index (κ1) is 17.2. The molecule has 0 saturated heterocycles. The third kappa shape index (κ3) is 2.87. The van der Waals surface area contributed by atoms with Crippen LogP contribution in [0.1, 0.15) is 25.0 Å². The predicted octanol–water partition coefficient (Wildman–Crippen LogP) is 4.69. The second-order valence-electron chi connectivity index (χ2n) is 7.10. The van der Waals surface area contributed by atoms with E-state index in [9.17, 15) is 0 Å². The van der Waals surface area contributed by atoms with Gasteiger partial charge in [0.1, 0.15) is 0 Å². The molecule has 0 aliphatic rings. The Labute approximate surface area is 138 Å². The Bertz CT molecular complexity index is 558. The molecular weight excluding hydrogens is 296 g/mol. The molecule has 0 aromatic heterocycles. The van der Waals surface area contributed by atoms with Crippen LogP contribution < -0.4 is 10.4 Å². The number of hydrogen-bond donors (Lipinski definition) is 0. The fourth-order valence-corrected chi connectivity index (χ4v) is 18.6. The number of benzene rings is 2. The van der Waals surface area contributed by atoms with Gasteiger partial charge in [0.15, 0.2) is 0 Å². The van der Waals surface area contributed by atoms with Crippen LogP contribution in [0.2, 0.25) is 25.2 Å². The maximum Gasteiger partial charge on any atom is 0.0821 e. The summed E-state index contributed by atoms with van der Waals surface area (Å²) in [6.45, 7) is 14.5. The lowest BCUT2D eigenvalue weighted by Crippen LogP contribution is -2.71. The van der Waals surface area contributed by atoms with E-state index in [4.69, 9.17) is 0 Å². The SMILES string of the molecule is CC[Si](C)(c1ccc(C)cc1)[Si](C)(CC)c1ccc(C)cc1. The highest BCUT2D eigenvalue weighted by Crippen LogP contribution is 2.27. The van der Waals surface area contributed by atoms with Crippen molar-refractivity contribution in [2.24, 2.45) is 0 Å². The highest BCUT2D eigenvalue weighted by Gasteiger charge is 2.48. The quantitative estimate of drug-likeness (QED) is 0.699. The Kier molecular flexibility index (Phi) is 5.13. The molecule has 2 unspecified atom stereocenters. The van der Waals surface area contributed by atoms with Gasteiger partial charge in [-0.25, -0.2) is 0 Å². The molecule has 118 valence electrons. The molecule has 0 aliphatic carbocycles. The lowest BCUT2D eigenvalue weighted by molar-refractivity contribution is 1.35. The summed E-state index contributed by atoms with van der Waals surface area (Å²) < 4.78 is 0. The maximum atomic E-state index is 2.63. The molecule has 0 radical (unpaired) electrons. The van der Waals surface area contributed by atoms with Crippen molar-refractivity contribution in [3.63, 3.8) is 0 Å². The van der Waals surface area contributed by atoms with E-state index in [0.29, 0.717) is 0 Å². The van der Waals surface area contributed by atoms with E-state index in [2.05, 4.69) is 89.3 Å². The van der Waals surface area contributed by atoms with Crippen molar-refractivity contribution in [2.75, 3.05) is 0 Å². The Balaban J connectivity index is 2.57. The molecule has 2 heteroatoms. The first-order valence-electron chi connectivity index (χ1n) is 8.51. The molecule has 0 amide bonds. The minimum Gasteiger partial charge on any atom is -0.0677 e. The average Bonchev–Trinajstić information content (AvgIpc) is 2.54. The maximum absolute atomic E-state index is 2.63. The van der Waals surface area contributed by atoms with Crippen LogP contribution in [0.3, 0.4) is 0 Å². The summed E-state index contributed by atoms with van der Waals surface area (Å²) in [5, 5.41) is 3.30. The van der Waals surface area contributed by atoms with E-state index < -0.39 is 15.2 Å². The molecule has 0 nitrogen and oxygen atoms in total. The Morgan fingerprint density at radius 3 is 1.09 bits per heavy atom. The number of rotatable bonds is 5. The topological polar surface area (TPSA) is 0 Å². The van der Waals surface area contributed by atoms with Gasteiger partial charge in [0.2, 0.25) is 0 Å². The Morgan fingerprint density at radius 1 is 0.591 bits per heavy atom. The Morgan fingerprint density at radius 2 is 0.864 bits per heavy atom. The lowest BCUT2D eigenvalue weighted by atomic mass is 10.2. The van der Waals surface area contributed by atoms with Crippen molar-refractivity contribution in [3.05, 3.63) is 59.7 Å². The Hall–Kier alpha value is -1.13. The van der Waals surface area contributed by atoms with Crippen LogP contribution in [0, 0.1) is 13.8 Å². The van der Waals surface area contributed by atoms with Gasteiger partial charge in [-0.3, -0.25) is 0 Å². The zero-order chi connectivity index (χ0) is 16.4. The van der Waals surface area contributed by atoms with Crippen LogP contribution in [0.4, 0.5) is 0 Å². The monoisotopic (exact) mass is 326 g/mol. The van der Waals surface area contributed by atoms with E-state index in [1.807, 2.05) is 0 Å². The summed E-state index contributed by atoms with van der Waals surface area (Å²) in [5.41, 5.74) is 2.73. The third-order valence-electron chi connectivity index (χ3n) is 6.01. The largest absolute Gasteiger partial charge is 0.0821 e. The zero-order valence-corrected chi connectivity index (χ0v) is 17.0. The molecule has 0 saturated carbocycles. The van der Waals surface area contributed by atoms with Crippen molar-refractivity contribution < 1.29 is 0 Å². The normalized spacial score (nSPS) is 16.8. The van der Waals surface area contributed by atoms with Crippen molar-refractivity contribution in [1.82, 2.24) is 0 Å². The van der Waals surface area contributed by atoms with Gasteiger partial charge in [-0.2, -0.15) is 0 Å². The summed E-state index contributed by atoms with van der Waals surface area (Å²) in [6, 6.07) is 21.5. The van der Waals surface area contributed by atoms with Gasteiger partial charge in [-0.05, 0) is 13.8 Å². The molecule has 0 fully saturated rings. The van der Waals surface area contributed by atoms with Crippen LogP contribution in [-0.4, -0.2) is 15.2 Å². The van der Waals surface area contributed by atoms with Crippen LogP contribution in [-0.2, 0) is 0 Å². The highest BCUT2D eigenvalue weighted by molar-refractivity contribution is 7.50.